The second-order valence-corrected chi connectivity index (χ2v) is 16.9. The molecule has 0 radical (unpaired) electrons. The molecule has 3 aliphatic carbocycles. The number of para-hydroxylation sites is 1. The van der Waals surface area contributed by atoms with Crippen molar-refractivity contribution in [2.45, 2.75) is 103 Å². The van der Waals surface area contributed by atoms with E-state index in [1.807, 2.05) is 54.2 Å². The third-order valence-electron chi connectivity index (χ3n) is 13.5. The smallest absolute Gasteiger partial charge is 0.251 e. The summed E-state index contributed by atoms with van der Waals surface area (Å²) in [5.74, 6) is 0.378. The van der Waals surface area contributed by atoms with Gasteiger partial charge in [0.15, 0.2) is 0 Å². The highest BCUT2D eigenvalue weighted by Gasteiger charge is 2.64. The SMILES string of the molecule is CCN1CCC[C@@H]1CNC(=O)c1cc(-c2cccc(CN3C[C@H](O)[C@@H]([C@H](C)O)[C@H]3C(=O)N[C@H]3C[C@@]4(N)C[C@@H]([C@@H]3C)C4(C)C)c2OC)cc(N(C)C)c1. The van der Waals surface area contributed by atoms with E-state index in [0.29, 0.717) is 42.8 Å². The molecule has 286 valence electrons. The number of methoxy groups -OCH3 is 1. The van der Waals surface area contributed by atoms with E-state index in [1.54, 1.807) is 14.0 Å². The first-order valence-electron chi connectivity index (χ1n) is 19.3. The van der Waals surface area contributed by atoms with Crippen LogP contribution in [0.15, 0.2) is 36.4 Å². The van der Waals surface area contributed by atoms with E-state index in [2.05, 4.69) is 49.3 Å². The van der Waals surface area contributed by atoms with Crippen molar-refractivity contribution < 1.29 is 24.5 Å². The van der Waals surface area contributed by atoms with E-state index in [4.69, 9.17) is 10.5 Å². The minimum absolute atomic E-state index is 0.0235. The number of carbonyl (C=O) groups excluding carboxylic acids is 2. The van der Waals surface area contributed by atoms with Crippen LogP contribution >= 0.6 is 0 Å². The monoisotopic (exact) mass is 718 g/mol. The number of rotatable bonds is 12. The minimum Gasteiger partial charge on any atom is -0.496 e. The molecule has 5 fully saturated rings. The van der Waals surface area contributed by atoms with Gasteiger partial charge < -0.3 is 36.2 Å². The van der Waals surface area contributed by atoms with Crippen LogP contribution in [0.2, 0.25) is 0 Å². The van der Waals surface area contributed by atoms with Crippen LogP contribution in [0, 0.1) is 23.2 Å². The van der Waals surface area contributed by atoms with Crippen molar-refractivity contribution in [1.29, 1.82) is 0 Å². The Bertz CT molecular complexity index is 1630. The Labute approximate surface area is 310 Å². The van der Waals surface area contributed by atoms with E-state index < -0.39 is 24.2 Å². The van der Waals surface area contributed by atoms with Gasteiger partial charge in [-0.05, 0) is 86.7 Å². The fourth-order valence-corrected chi connectivity index (χ4v) is 10.1. The second-order valence-electron chi connectivity index (χ2n) is 16.9. The van der Waals surface area contributed by atoms with Crippen LogP contribution in [0.1, 0.15) is 76.2 Å². The van der Waals surface area contributed by atoms with Crippen LogP contribution in [0.4, 0.5) is 5.69 Å². The van der Waals surface area contributed by atoms with Crippen molar-refractivity contribution >= 4 is 17.5 Å². The summed E-state index contributed by atoms with van der Waals surface area (Å²) in [6.45, 7) is 13.7. The number of nitrogens with one attached hydrogen (secondary N) is 2. The van der Waals surface area contributed by atoms with Gasteiger partial charge in [0.2, 0.25) is 5.91 Å². The topological polar surface area (TPSA) is 144 Å². The fraction of sp³-hybridized carbons (Fsp3) is 0.659. The summed E-state index contributed by atoms with van der Waals surface area (Å²) in [6.07, 6.45) is 2.14. The van der Waals surface area contributed by atoms with E-state index in [-0.39, 0.29) is 41.3 Å². The molecule has 7 rings (SSSR count). The number of aliphatic hydroxyl groups excluding tert-OH is 2. The zero-order valence-corrected chi connectivity index (χ0v) is 32.5. The Morgan fingerprint density at radius 3 is 2.56 bits per heavy atom. The molecule has 2 aromatic rings. The maximum Gasteiger partial charge on any atom is 0.251 e. The molecule has 5 aliphatic rings. The Balaban J connectivity index is 1.26. The number of nitrogens with two attached hydrogens (primary N) is 1. The standard InChI is InChI=1S/C41H62N6O5/c1-9-46-15-11-13-29(46)21-43-38(50)28-16-27(17-30(18-28)45(6)7)31-14-10-12-26(37(31)52-8)22-47-23-34(49)35(25(3)48)36(47)39(51)44-33-20-41(42)19-32(24(33)2)40(41,4)5/h10,12,14,16-18,24-25,29,32-36,48-49H,9,11,13,15,19-23,42H2,1-8H3,(H,43,50)(H,44,51)/t24-,25-,29+,32-,33-,34-,35+,36-,41-/m0/s1. The molecule has 2 saturated heterocycles. The molecule has 9 atom stereocenters. The number of carbonyl (C=O) groups is 2. The van der Waals surface area contributed by atoms with Crippen LogP contribution in [0.25, 0.3) is 11.1 Å². The normalized spacial score (nSPS) is 31.9. The summed E-state index contributed by atoms with van der Waals surface area (Å²) in [6, 6.07) is 11.3. The van der Waals surface area contributed by atoms with Gasteiger partial charge in [0.05, 0.1) is 25.4 Å². The number of β-amino-alcohol motifs (C(OH)–C–C–N with tert-alkyl or cyclic N) is 1. The quantitative estimate of drug-likeness (QED) is 0.223. The molecule has 11 nitrogen and oxygen atoms in total. The van der Waals surface area contributed by atoms with Crippen molar-refractivity contribution in [3.05, 3.63) is 47.5 Å². The Morgan fingerprint density at radius 1 is 1.15 bits per heavy atom. The van der Waals surface area contributed by atoms with E-state index >= 15 is 0 Å². The number of likely N-dealkylation sites (N-methyl/N-ethyl adjacent to an activating group) is 1. The highest BCUT2D eigenvalue weighted by Crippen LogP contribution is 2.62. The molecule has 2 aliphatic heterocycles. The number of hydrogen-bond acceptors (Lipinski definition) is 9. The average Bonchev–Trinajstić information content (AvgIpc) is 3.71. The number of fused-ring (bicyclic) bond motifs is 2. The predicted octanol–water partition coefficient (Wildman–Crippen LogP) is 3.45. The number of anilines is 1. The van der Waals surface area contributed by atoms with Gasteiger partial charge in [-0.2, -0.15) is 0 Å². The largest absolute Gasteiger partial charge is 0.496 e. The first-order chi connectivity index (χ1) is 24.6. The van der Waals surface area contributed by atoms with E-state index in [1.165, 1.54) is 0 Å². The summed E-state index contributed by atoms with van der Waals surface area (Å²) in [7, 11) is 5.55. The Hall–Kier alpha value is -3.22. The highest BCUT2D eigenvalue weighted by molar-refractivity contribution is 5.97. The van der Waals surface area contributed by atoms with Gasteiger partial charge in [0.25, 0.3) is 5.91 Å². The van der Waals surface area contributed by atoms with Gasteiger partial charge in [-0.25, -0.2) is 0 Å². The lowest BCUT2D eigenvalue weighted by molar-refractivity contribution is -0.147. The van der Waals surface area contributed by atoms with Crippen LogP contribution in [-0.4, -0.2) is 115 Å². The van der Waals surface area contributed by atoms with Gasteiger partial charge in [0.1, 0.15) is 5.75 Å². The summed E-state index contributed by atoms with van der Waals surface area (Å²) in [5, 5.41) is 28.6. The maximum atomic E-state index is 14.2. The van der Waals surface area contributed by atoms with Crippen LogP contribution in [0.5, 0.6) is 5.75 Å². The molecule has 2 aromatic carbocycles. The van der Waals surface area contributed by atoms with Crippen molar-refractivity contribution in [1.82, 2.24) is 20.4 Å². The highest BCUT2D eigenvalue weighted by atomic mass is 16.5. The molecule has 2 heterocycles. The number of aliphatic hydroxyl groups is 2. The average molecular weight is 719 g/mol. The van der Waals surface area contributed by atoms with Crippen molar-refractivity contribution in [3.63, 3.8) is 0 Å². The third kappa shape index (κ3) is 6.95. The maximum absolute atomic E-state index is 14.2. The van der Waals surface area contributed by atoms with Gasteiger partial charge >= 0.3 is 0 Å². The second kappa shape index (κ2) is 14.9. The van der Waals surface area contributed by atoms with Crippen molar-refractivity contribution in [2.24, 2.45) is 28.9 Å². The molecule has 0 aromatic heterocycles. The van der Waals surface area contributed by atoms with E-state index in [0.717, 1.165) is 54.7 Å². The van der Waals surface area contributed by atoms with Crippen molar-refractivity contribution in [3.8, 4) is 16.9 Å². The third-order valence-corrected chi connectivity index (χ3v) is 13.5. The van der Waals surface area contributed by atoms with Crippen LogP contribution in [-0.2, 0) is 11.3 Å². The Kier molecular flexibility index (Phi) is 11.0. The molecule has 6 N–H and O–H groups in total. The van der Waals surface area contributed by atoms with E-state index in [9.17, 15) is 19.8 Å². The molecule has 2 amide bonds. The zero-order valence-electron chi connectivity index (χ0n) is 32.5. The lowest BCUT2D eigenvalue weighted by atomic mass is 9.41. The minimum atomic E-state index is -0.891. The lowest BCUT2D eigenvalue weighted by Crippen LogP contribution is -2.75. The molecule has 3 saturated carbocycles. The van der Waals surface area contributed by atoms with Gasteiger partial charge in [-0.3, -0.25) is 19.4 Å². The summed E-state index contributed by atoms with van der Waals surface area (Å²) < 4.78 is 6.09. The van der Waals surface area contributed by atoms with Crippen LogP contribution < -0.4 is 26.0 Å². The van der Waals surface area contributed by atoms with Crippen molar-refractivity contribution in [2.75, 3.05) is 52.3 Å². The molecular formula is C41H62N6O5. The van der Waals surface area contributed by atoms with Crippen LogP contribution in [0.3, 0.4) is 0 Å². The number of benzene rings is 2. The molecule has 52 heavy (non-hydrogen) atoms. The summed E-state index contributed by atoms with van der Waals surface area (Å²) >= 11 is 0. The Morgan fingerprint density at radius 2 is 1.90 bits per heavy atom. The molecule has 0 spiro atoms. The van der Waals surface area contributed by atoms with Gasteiger partial charge in [-0.1, -0.05) is 45.9 Å². The zero-order chi connectivity index (χ0) is 37.7. The fourth-order valence-electron chi connectivity index (χ4n) is 10.1. The number of hydrogen-bond donors (Lipinski definition) is 5. The first-order valence-corrected chi connectivity index (χ1v) is 19.3. The summed E-state index contributed by atoms with van der Waals surface area (Å²) in [5.41, 5.74) is 10.5. The number of ether oxygens (including phenoxy) is 1. The molecule has 0 unspecified atom stereocenters. The number of nitrogens with zero attached hydrogens (tertiary/aromatic N) is 3. The predicted molar refractivity (Wildman–Crippen MR) is 205 cm³/mol. The number of amides is 2. The molecular weight excluding hydrogens is 656 g/mol. The van der Waals surface area contributed by atoms with Gasteiger partial charge in [-0.15, -0.1) is 0 Å². The summed E-state index contributed by atoms with van der Waals surface area (Å²) in [4.78, 5) is 34.2. The lowest BCUT2D eigenvalue weighted by Gasteiger charge is -2.68. The first kappa shape index (κ1) is 38.5. The molecule has 11 heteroatoms. The number of likely N-dealkylation sites (tertiary alicyclic amines) is 2. The van der Waals surface area contributed by atoms with Gasteiger partial charge in [0, 0.05) is 79.6 Å². The molecule has 2 bridgehead atoms.